The van der Waals surface area contributed by atoms with Crippen LogP contribution < -0.4 is 0 Å². The molecule has 0 aliphatic carbocycles. The second-order valence-corrected chi connectivity index (χ2v) is 4.99. The quantitative estimate of drug-likeness (QED) is 0.894. The Balaban J connectivity index is 2.43. The van der Waals surface area contributed by atoms with Crippen molar-refractivity contribution >= 4 is 11.3 Å². The lowest BCUT2D eigenvalue weighted by Crippen LogP contribution is -2.02. The molecule has 90 valence electrons. The summed E-state index contributed by atoms with van der Waals surface area (Å²) in [7, 11) is 0. The van der Waals surface area contributed by atoms with Gasteiger partial charge in [0.1, 0.15) is 17.7 Å². The van der Waals surface area contributed by atoms with Gasteiger partial charge in [-0.05, 0) is 19.9 Å². The lowest BCUT2D eigenvalue weighted by molar-refractivity contribution is 0.217. The summed E-state index contributed by atoms with van der Waals surface area (Å²) in [5.74, 6) is -1.40. The Morgan fingerprint density at radius 2 is 2.00 bits per heavy atom. The Labute approximate surface area is 102 Å². The number of nitrogens with zero attached hydrogens (tertiary/aromatic N) is 1. The van der Waals surface area contributed by atoms with Crippen LogP contribution in [-0.4, -0.2) is 10.1 Å². The van der Waals surface area contributed by atoms with Gasteiger partial charge in [-0.1, -0.05) is 6.07 Å². The number of hydrogen-bond acceptors (Lipinski definition) is 3. The molecule has 0 radical (unpaired) electrons. The number of aryl methyl sites for hydroxylation is 2. The van der Waals surface area contributed by atoms with Gasteiger partial charge < -0.3 is 5.11 Å². The number of hydrogen-bond donors (Lipinski definition) is 1. The molecule has 0 bridgehead atoms. The van der Waals surface area contributed by atoms with E-state index in [1.807, 2.05) is 6.92 Å². The van der Waals surface area contributed by atoms with Crippen molar-refractivity contribution in [2.24, 2.45) is 0 Å². The second-order valence-electron chi connectivity index (χ2n) is 3.75. The van der Waals surface area contributed by atoms with Crippen LogP contribution in [0.4, 0.5) is 8.78 Å². The minimum atomic E-state index is -1.10. The van der Waals surface area contributed by atoms with Crippen molar-refractivity contribution in [3.63, 3.8) is 0 Å². The smallest absolute Gasteiger partial charge is 0.132 e. The fourth-order valence-corrected chi connectivity index (χ4v) is 2.60. The van der Waals surface area contributed by atoms with Crippen molar-refractivity contribution in [3.05, 3.63) is 51.0 Å². The van der Waals surface area contributed by atoms with Gasteiger partial charge in [0.25, 0.3) is 0 Å². The van der Waals surface area contributed by atoms with E-state index in [1.165, 1.54) is 17.4 Å². The number of aliphatic hydroxyl groups excluding tert-OH is 1. The molecule has 0 spiro atoms. The highest BCUT2D eigenvalue weighted by Crippen LogP contribution is 2.31. The molecular weight excluding hydrogens is 244 g/mol. The number of rotatable bonds is 2. The number of thiazole rings is 1. The molecule has 0 amide bonds. The minimum absolute atomic E-state index is 0.0677. The zero-order chi connectivity index (χ0) is 12.6. The summed E-state index contributed by atoms with van der Waals surface area (Å²) in [4.78, 5) is 4.76. The minimum Gasteiger partial charge on any atom is -0.383 e. The predicted octanol–water partition coefficient (Wildman–Crippen LogP) is 3.12. The molecule has 1 unspecified atom stereocenters. The van der Waals surface area contributed by atoms with E-state index in [9.17, 15) is 13.9 Å². The SMILES string of the molecule is Cc1nc(C)c(C(O)c2ccc(F)cc2F)s1. The van der Waals surface area contributed by atoms with Gasteiger partial charge in [-0.2, -0.15) is 0 Å². The van der Waals surface area contributed by atoms with E-state index >= 15 is 0 Å². The molecule has 1 aromatic carbocycles. The van der Waals surface area contributed by atoms with E-state index in [-0.39, 0.29) is 5.56 Å². The topological polar surface area (TPSA) is 33.1 Å². The highest BCUT2D eigenvalue weighted by molar-refractivity contribution is 7.11. The molecule has 2 aromatic rings. The van der Waals surface area contributed by atoms with Crippen LogP contribution in [-0.2, 0) is 0 Å². The Bertz CT molecular complexity index is 553. The average molecular weight is 255 g/mol. The molecule has 0 fully saturated rings. The number of aliphatic hydroxyl groups is 1. The van der Waals surface area contributed by atoms with Crippen LogP contribution in [0.1, 0.15) is 27.2 Å². The first kappa shape index (κ1) is 12.1. The fraction of sp³-hybridized carbons (Fsp3) is 0.250. The predicted molar refractivity (Wildman–Crippen MR) is 62.0 cm³/mol. The third-order valence-corrected chi connectivity index (χ3v) is 3.57. The van der Waals surface area contributed by atoms with E-state index in [0.29, 0.717) is 10.6 Å². The van der Waals surface area contributed by atoms with Gasteiger partial charge in [-0.3, -0.25) is 0 Å². The van der Waals surface area contributed by atoms with Crippen molar-refractivity contribution in [1.29, 1.82) is 0 Å². The Morgan fingerprint density at radius 3 is 2.53 bits per heavy atom. The van der Waals surface area contributed by atoms with Crippen molar-refractivity contribution in [3.8, 4) is 0 Å². The van der Waals surface area contributed by atoms with E-state index in [0.717, 1.165) is 17.1 Å². The largest absolute Gasteiger partial charge is 0.383 e. The summed E-state index contributed by atoms with van der Waals surface area (Å²) in [5, 5.41) is 10.9. The van der Waals surface area contributed by atoms with Crippen LogP contribution in [0.2, 0.25) is 0 Å². The molecule has 2 rings (SSSR count). The summed E-state index contributed by atoms with van der Waals surface area (Å²) in [6, 6.07) is 3.15. The Kier molecular flexibility index (Phi) is 3.22. The molecule has 2 nitrogen and oxygen atoms in total. The summed E-state index contributed by atoms with van der Waals surface area (Å²) in [6.45, 7) is 3.57. The van der Waals surface area contributed by atoms with Crippen LogP contribution in [0, 0.1) is 25.5 Å². The molecule has 0 aliphatic heterocycles. The molecule has 1 N–H and O–H groups in total. The van der Waals surface area contributed by atoms with Crippen molar-refractivity contribution in [2.75, 3.05) is 0 Å². The number of aromatic nitrogens is 1. The summed E-state index contributed by atoms with van der Waals surface area (Å²) >= 11 is 1.31. The van der Waals surface area contributed by atoms with E-state index < -0.39 is 17.7 Å². The maximum Gasteiger partial charge on any atom is 0.132 e. The Hall–Kier alpha value is -1.33. The maximum atomic E-state index is 13.5. The summed E-state index contributed by atoms with van der Waals surface area (Å²) < 4.78 is 26.3. The zero-order valence-electron chi connectivity index (χ0n) is 9.37. The molecular formula is C12H11F2NOS. The monoisotopic (exact) mass is 255 g/mol. The maximum absolute atomic E-state index is 13.5. The third-order valence-electron chi connectivity index (χ3n) is 2.44. The first-order chi connectivity index (χ1) is 7.99. The van der Waals surface area contributed by atoms with Crippen LogP contribution >= 0.6 is 11.3 Å². The summed E-state index contributed by atoms with van der Waals surface area (Å²) in [6.07, 6.45) is -1.10. The third kappa shape index (κ3) is 2.35. The van der Waals surface area contributed by atoms with Crippen LogP contribution in [0.3, 0.4) is 0 Å². The first-order valence-electron chi connectivity index (χ1n) is 5.06. The number of halogens is 2. The van der Waals surface area contributed by atoms with Crippen LogP contribution in [0.25, 0.3) is 0 Å². The molecule has 5 heteroatoms. The standard InChI is InChI=1S/C12H11F2NOS/c1-6-12(17-7(2)15-6)11(16)9-4-3-8(13)5-10(9)14/h3-5,11,16H,1-2H3. The van der Waals surface area contributed by atoms with Crippen molar-refractivity contribution < 1.29 is 13.9 Å². The van der Waals surface area contributed by atoms with Gasteiger partial charge in [0.05, 0.1) is 15.6 Å². The van der Waals surface area contributed by atoms with E-state index in [1.54, 1.807) is 6.92 Å². The molecule has 1 atom stereocenters. The van der Waals surface area contributed by atoms with Gasteiger partial charge in [0, 0.05) is 11.6 Å². The lowest BCUT2D eigenvalue weighted by atomic mass is 10.1. The second kappa shape index (κ2) is 4.50. The molecule has 1 heterocycles. The first-order valence-corrected chi connectivity index (χ1v) is 5.87. The zero-order valence-corrected chi connectivity index (χ0v) is 10.2. The molecule has 0 saturated carbocycles. The molecule has 1 aromatic heterocycles. The fourth-order valence-electron chi connectivity index (χ4n) is 1.67. The molecule has 0 saturated heterocycles. The van der Waals surface area contributed by atoms with Gasteiger partial charge in [0.2, 0.25) is 0 Å². The van der Waals surface area contributed by atoms with Crippen LogP contribution in [0.5, 0.6) is 0 Å². The lowest BCUT2D eigenvalue weighted by Gasteiger charge is -2.10. The average Bonchev–Trinajstić information content (AvgIpc) is 2.57. The summed E-state index contributed by atoms with van der Waals surface area (Å²) in [5.41, 5.74) is 0.738. The highest BCUT2D eigenvalue weighted by Gasteiger charge is 2.20. The van der Waals surface area contributed by atoms with Gasteiger partial charge in [-0.15, -0.1) is 11.3 Å². The molecule has 0 aliphatic rings. The van der Waals surface area contributed by atoms with Crippen molar-refractivity contribution in [2.45, 2.75) is 20.0 Å². The Morgan fingerprint density at radius 1 is 1.29 bits per heavy atom. The van der Waals surface area contributed by atoms with Crippen LogP contribution in [0.15, 0.2) is 18.2 Å². The number of benzene rings is 1. The van der Waals surface area contributed by atoms with Gasteiger partial charge >= 0.3 is 0 Å². The van der Waals surface area contributed by atoms with Crippen molar-refractivity contribution in [1.82, 2.24) is 4.98 Å². The van der Waals surface area contributed by atoms with E-state index in [2.05, 4.69) is 4.98 Å². The highest BCUT2D eigenvalue weighted by atomic mass is 32.1. The molecule has 17 heavy (non-hydrogen) atoms. The van der Waals surface area contributed by atoms with E-state index in [4.69, 9.17) is 0 Å². The van der Waals surface area contributed by atoms with Gasteiger partial charge in [0.15, 0.2) is 0 Å². The normalized spacial score (nSPS) is 12.8. The van der Waals surface area contributed by atoms with Gasteiger partial charge in [-0.25, -0.2) is 13.8 Å².